The van der Waals surface area contributed by atoms with E-state index in [9.17, 15) is 13.2 Å². The van der Waals surface area contributed by atoms with Gasteiger partial charge in [-0.2, -0.15) is 0 Å². The van der Waals surface area contributed by atoms with Crippen LogP contribution in [0.15, 0.2) is 24.3 Å². The second-order valence-electron chi connectivity index (χ2n) is 6.09. The van der Waals surface area contributed by atoms with Crippen molar-refractivity contribution in [1.29, 1.82) is 0 Å². The van der Waals surface area contributed by atoms with Gasteiger partial charge < -0.3 is 10.4 Å². The van der Waals surface area contributed by atoms with Gasteiger partial charge in [0.05, 0.1) is 5.75 Å². The van der Waals surface area contributed by atoms with Crippen LogP contribution in [0, 0.1) is 5.41 Å². The first-order chi connectivity index (χ1) is 9.63. The summed E-state index contributed by atoms with van der Waals surface area (Å²) in [7, 11) is -3.07. The van der Waals surface area contributed by atoms with Gasteiger partial charge in [0.15, 0.2) is 9.84 Å². The van der Waals surface area contributed by atoms with Crippen LogP contribution in [0.2, 0.25) is 0 Å². The molecule has 118 valence electrons. The third-order valence-corrected chi connectivity index (χ3v) is 4.02. The van der Waals surface area contributed by atoms with Gasteiger partial charge in [0, 0.05) is 25.0 Å². The topological polar surface area (TPSA) is 83.5 Å². The first kappa shape index (κ1) is 17.7. The maximum Gasteiger partial charge on any atom is 0.251 e. The molecule has 0 aromatic heterocycles. The van der Waals surface area contributed by atoms with Gasteiger partial charge in [-0.3, -0.25) is 4.79 Å². The molecule has 0 fully saturated rings. The van der Waals surface area contributed by atoms with E-state index in [1.165, 1.54) is 6.26 Å². The van der Waals surface area contributed by atoms with Crippen molar-refractivity contribution in [3.05, 3.63) is 35.4 Å². The fraction of sp³-hybridized carbons (Fsp3) is 0.533. The zero-order chi connectivity index (χ0) is 16.1. The Kier molecular flexibility index (Phi) is 5.92. The Bertz CT molecular complexity index is 576. The number of aliphatic hydroxyl groups is 1. The predicted octanol–water partition coefficient (Wildman–Crippen LogP) is 1.37. The number of amides is 1. The highest BCUT2D eigenvalue weighted by Crippen LogP contribution is 2.18. The van der Waals surface area contributed by atoms with Gasteiger partial charge in [-0.05, 0) is 29.5 Å². The summed E-state index contributed by atoms with van der Waals surface area (Å²) in [5, 5.41) is 11.8. The van der Waals surface area contributed by atoms with Crippen molar-refractivity contribution >= 4 is 15.7 Å². The molecule has 6 heteroatoms. The number of hydrogen-bond acceptors (Lipinski definition) is 4. The van der Waals surface area contributed by atoms with Crippen LogP contribution in [0.5, 0.6) is 0 Å². The first-order valence-corrected chi connectivity index (χ1v) is 8.85. The van der Waals surface area contributed by atoms with Crippen molar-refractivity contribution in [3.63, 3.8) is 0 Å². The summed E-state index contributed by atoms with van der Waals surface area (Å²) in [4.78, 5) is 12.0. The second-order valence-corrected chi connectivity index (χ2v) is 8.23. The van der Waals surface area contributed by atoms with Crippen LogP contribution in [0.25, 0.3) is 0 Å². The normalized spacial score (nSPS) is 12.2. The van der Waals surface area contributed by atoms with Gasteiger partial charge in [-0.25, -0.2) is 8.42 Å². The van der Waals surface area contributed by atoms with Gasteiger partial charge >= 0.3 is 0 Å². The molecule has 1 aromatic rings. The standard InChI is InChI=1S/C15H23NO4S/c1-15(2,8-9-17)11-16-14(18)13-6-4-12(5-7-13)10-21(3,19)20/h4-7,17H,8-11H2,1-3H3,(H,16,18). The van der Waals surface area contributed by atoms with E-state index in [1.807, 2.05) is 13.8 Å². The second kappa shape index (κ2) is 7.04. The lowest BCUT2D eigenvalue weighted by Gasteiger charge is -2.23. The number of aliphatic hydroxyl groups excluding tert-OH is 1. The van der Waals surface area contributed by atoms with E-state index in [2.05, 4.69) is 5.32 Å². The maximum absolute atomic E-state index is 12.0. The Morgan fingerprint density at radius 3 is 2.29 bits per heavy atom. The van der Waals surface area contributed by atoms with Crippen molar-refractivity contribution in [2.45, 2.75) is 26.0 Å². The summed E-state index contributed by atoms with van der Waals surface area (Å²) in [6.07, 6.45) is 1.79. The molecule has 1 rings (SSSR count). The third kappa shape index (κ3) is 6.73. The van der Waals surface area contributed by atoms with Crippen LogP contribution < -0.4 is 5.32 Å². The summed E-state index contributed by atoms with van der Waals surface area (Å²) >= 11 is 0. The smallest absolute Gasteiger partial charge is 0.251 e. The molecule has 0 heterocycles. The summed E-state index contributed by atoms with van der Waals surface area (Å²) in [6.45, 7) is 4.50. The molecule has 0 saturated carbocycles. The molecule has 0 aliphatic carbocycles. The Labute approximate surface area is 126 Å². The molecule has 1 aromatic carbocycles. The highest BCUT2D eigenvalue weighted by Gasteiger charge is 2.18. The SMILES string of the molecule is CC(C)(CCO)CNC(=O)c1ccc(CS(C)(=O)=O)cc1. The molecule has 0 aliphatic heterocycles. The lowest BCUT2D eigenvalue weighted by molar-refractivity contribution is 0.0928. The quantitative estimate of drug-likeness (QED) is 0.796. The Morgan fingerprint density at radius 2 is 1.81 bits per heavy atom. The molecule has 0 spiro atoms. The van der Waals surface area contributed by atoms with E-state index < -0.39 is 9.84 Å². The van der Waals surface area contributed by atoms with E-state index in [-0.39, 0.29) is 23.7 Å². The molecule has 2 N–H and O–H groups in total. The summed E-state index contributed by atoms with van der Waals surface area (Å²) in [6, 6.07) is 6.54. The lowest BCUT2D eigenvalue weighted by Crippen LogP contribution is -2.34. The van der Waals surface area contributed by atoms with Crippen LogP contribution in [-0.4, -0.2) is 38.8 Å². The summed E-state index contributed by atoms with van der Waals surface area (Å²) in [5.41, 5.74) is 0.988. The number of rotatable bonds is 7. The Hall–Kier alpha value is -1.40. The summed E-state index contributed by atoms with van der Waals surface area (Å²) < 4.78 is 22.4. The molecular formula is C15H23NO4S. The molecule has 0 unspecified atom stereocenters. The minimum absolute atomic E-state index is 0.0293. The Balaban J connectivity index is 2.63. The van der Waals surface area contributed by atoms with Crippen LogP contribution >= 0.6 is 0 Å². The van der Waals surface area contributed by atoms with E-state index >= 15 is 0 Å². The number of hydrogen-bond donors (Lipinski definition) is 2. The van der Waals surface area contributed by atoms with Gasteiger partial charge in [0.1, 0.15) is 0 Å². The molecule has 1 amide bonds. The zero-order valence-corrected chi connectivity index (χ0v) is 13.5. The largest absolute Gasteiger partial charge is 0.396 e. The number of benzene rings is 1. The van der Waals surface area contributed by atoms with Crippen molar-refractivity contribution in [2.75, 3.05) is 19.4 Å². The molecule has 0 atom stereocenters. The lowest BCUT2D eigenvalue weighted by atomic mass is 9.89. The van der Waals surface area contributed by atoms with Gasteiger partial charge in [0.25, 0.3) is 5.91 Å². The molecular weight excluding hydrogens is 290 g/mol. The van der Waals surface area contributed by atoms with Crippen LogP contribution in [0.3, 0.4) is 0 Å². The van der Waals surface area contributed by atoms with Gasteiger partial charge in [-0.1, -0.05) is 26.0 Å². The predicted molar refractivity (Wildman–Crippen MR) is 82.8 cm³/mol. The fourth-order valence-electron chi connectivity index (χ4n) is 1.87. The zero-order valence-electron chi connectivity index (χ0n) is 12.7. The highest BCUT2D eigenvalue weighted by atomic mass is 32.2. The highest BCUT2D eigenvalue weighted by molar-refractivity contribution is 7.89. The number of carbonyl (C=O) groups excluding carboxylic acids is 1. The molecule has 0 radical (unpaired) electrons. The van der Waals surface area contributed by atoms with Crippen molar-refractivity contribution < 1.29 is 18.3 Å². The molecule has 21 heavy (non-hydrogen) atoms. The minimum atomic E-state index is -3.07. The Morgan fingerprint density at radius 1 is 1.24 bits per heavy atom. The fourth-order valence-corrected chi connectivity index (χ4v) is 2.67. The van der Waals surface area contributed by atoms with Crippen molar-refractivity contribution in [3.8, 4) is 0 Å². The number of carbonyl (C=O) groups is 1. The number of sulfone groups is 1. The number of nitrogens with one attached hydrogen (secondary N) is 1. The monoisotopic (exact) mass is 313 g/mol. The average Bonchev–Trinajstić information content (AvgIpc) is 2.35. The maximum atomic E-state index is 12.0. The van der Waals surface area contributed by atoms with Crippen LogP contribution in [-0.2, 0) is 15.6 Å². The average molecular weight is 313 g/mol. The van der Waals surface area contributed by atoms with Gasteiger partial charge in [0.2, 0.25) is 0 Å². The van der Waals surface area contributed by atoms with E-state index in [4.69, 9.17) is 5.11 Å². The third-order valence-electron chi connectivity index (χ3n) is 3.16. The van der Waals surface area contributed by atoms with E-state index in [0.717, 1.165) is 0 Å². The van der Waals surface area contributed by atoms with Crippen LogP contribution in [0.4, 0.5) is 0 Å². The first-order valence-electron chi connectivity index (χ1n) is 6.79. The van der Waals surface area contributed by atoms with Crippen LogP contribution in [0.1, 0.15) is 36.2 Å². The molecule has 0 aliphatic rings. The van der Waals surface area contributed by atoms with Crippen molar-refractivity contribution in [1.82, 2.24) is 5.32 Å². The minimum Gasteiger partial charge on any atom is -0.396 e. The molecule has 0 saturated heterocycles. The molecule has 5 nitrogen and oxygen atoms in total. The van der Waals surface area contributed by atoms with E-state index in [0.29, 0.717) is 24.1 Å². The van der Waals surface area contributed by atoms with Gasteiger partial charge in [-0.15, -0.1) is 0 Å². The molecule has 0 bridgehead atoms. The van der Waals surface area contributed by atoms with Crippen molar-refractivity contribution in [2.24, 2.45) is 5.41 Å². The summed E-state index contributed by atoms with van der Waals surface area (Å²) in [5.74, 6) is -0.231. The van der Waals surface area contributed by atoms with E-state index in [1.54, 1.807) is 24.3 Å².